The van der Waals surface area contributed by atoms with Gasteiger partial charge in [0, 0.05) is 5.56 Å². The normalized spacial score (nSPS) is 16.0. The number of aryl methyl sites for hydroxylation is 1. The summed E-state index contributed by atoms with van der Waals surface area (Å²) in [7, 11) is 0. The maximum absolute atomic E-state index is 11.0. The van der Waals surface area contributed by atoms with Crippen LogP contribution in [0.4, 0.5) is 0 Å². The highest BCUT2D eigenvalue weighted by Gasteiger charge is 2.33. The van der Waals surface area contributed by atoms with Crippen molar-refractivity contribution in [3.05, 3.63) is 65.5 Å². The van der Waals surface area contributed by atoms with Crippen molar-refractivity contribution in [1.82, 2.24) is 14.5 Å². The molecule has 0 atom stereocenters. The summed E-state index contributed by atoms with van der Waals surface area (Å²) < 4.78 is 1.56. The molecule has 1 aromatic heterocycles. The van der Waals surface area contributed by atoms with E-state index in [0.29, 0.717) is 17.9 Å². The van der Waals surface area contributed by atoms with E-state index in [4.69, 9.17) is 0 Å². The predicted octanol–water partition coefficient (Wildman–Crippen LogP) is 2.58. The minimum atomic E-state index is -2.14. The van der Waals surface area contributed by atoms with Crippen molar-refractivity contribution in [2.45, 2.75) is 32.2 Å². The molecule has 130 valence electrons. The van der Waals surface area contributed by atoms with Crippen molar-refractivity contribution in [3.8, 4) is 0 Å². The van der Waals surface area contributed by atoms with E-state index in [1.54, 1.807) is 16.7 Å². The molecule has 0 radical (unpaired) electrons. The van der Waals surface area contributed by atoms with Crippen molar-refractivity contribution in [3.63, 3.8) is 0 Å². The van der Waals surface area contributed by atoms with Gasteiger partial charge in [-0.25, -0.2) is 4.98 Å². The first kappa shape index (κ1) is 16.3. The van der Waals surface area contributed by atoms with Crippen LogP contribution < -0.4 is 0 Å². The summed E-state index contributed by atoms with van der Waals surface area (Å²) in [5.74, 6) is -1.47. The number of hydrogen-bond donors (Lipinski definition) is 2. The van der Waals surface area contributed by atoms with E-state index in [9.17, 15) is 10.2 Å². The first-order valence-corrected chi connectivity index (χ1v) is 8.77. The lowest BCUT2D eigenvalue weighted by Crippen LogP contribution is -2.37. The molecule has 25 heavy (non-hydrogen) atoms. The number of aliphatic hydroxyl groups is 2. The number of hydrogen-bond acceptors (Lipinski definition) is 4. The summed E-state index contributed by atoms with van der Waals surface area (Å²) in [6.07, 6.45) is 2.36. The van der Waals surface area contributed by atoms with E-state index < -0.39 is 5.91 Å². The second-order valence-electron chi connectivity index (χ2n) is 6.84. The fraction of sp³-hybridized carbons (Fsp3) is 0.350. The number of nitrogens with zero attached hydrogens (tertiary/aromatic N) is 3. The zero-order valence-electron chi connectivity index (χ0n) is 14.4. The summed E-state index contributed by atoms with van der Waals surface area (Å²) in [5.41, 5.74) is 3.01. The molecule has 0 unspecified atom stereocenters. The van der Waals surface area contributed by atoms with E-state index in [2.05, 4.69) is 9.88 Å². The SMILES string of the molecule is Cc1ccc(C(O)(O)n2c(CN3CCCC3)nc3ccccc32)cc1. The van der Waals surface area contributed by atoms with Gasteiger partial charge in [-0.3, -0.25) is 9.47 Å². The van der Waals surface area contributed by atoms with Crippen LogP contribution in [0.2, 0.25) is 0 Å². The van der Waals surface area contributed by atoms with Gasteiger partial charge in [0.05, 0.1) is 17.6 Å². The van der Waals surface area contributed by atoms with Gasteiger partial charge in [-0.05, 0) is 45.0 Å². The molecule has 2 heterocycles. The third-order valence-electron chi connectivity index (χ3n) is 4.94. The second kappa shape index (κ2) is 6.26. The van der Waals surface area contributed by atoms with Crippen LogP contribution in [-0.2, 0) is 12.5 Å². The van der Waals surface area contributed by atoms with Crippen molar-refractivity contribution in [1.29, 1.82) is 0 Å². The van der Waals surface area contributed by atoms with Crippen LogP contribution in [0, 0.1) is 6.92 Å². The summed E-state index contributed by atoms with van der Waals surface area (Å²) in [6.45, 7) is 4.64. The van der Waals surface area contributed by atoms with Crippen LogP contribution in [0.15, 0.2) is 48.5 Å². The number of imidazole rings is 1. The number of para-hydroxylation sites is 2. The zero-order chi connectivity index (χ0) is 17.4. The van der Waals surface area contributed by atoms with Crippen molar-refractivity contribution in [2.75, 3.05) is 13.1 Å². The third kappa shape index (κ3) is 2.95. The maximum atomic E-state index is 11.0. The molecule has 4 rings (SSSR count). The molecule has 0 bridgehead atoms. The smallest absolute Gasteiger partial charge is 0.280 e. The van der Waals surface area contributed by atoms with Gasteiger partial charge in [0.25, 0.3) is 5.91 Å². The number of fused-ring (bicyclic) bond motifs is 1. The summed E-state index contributed by atoms with van der Waals surface area (Å²) in [4.78, 5) is 7.00. The Hall–Kier alpha value is -2.21. The van der Waals surface area contributed by atoms with Crippen molar-refractivity contribution >= 4 is 11.0 Å². The standard InChI is InChI=1S/C20H23N3O2/c1-15-8-10-16(11-9-15)20(24,25)23-18-7-3-2-6-17(18)21-19(23)14-22-12-4-5-13-22/h2-3,6-11,24-25H,4-5,12-14H2,1H3. The average molecular weight is 337 g/mol. The molecule has 1 saturated heterocycles. The minimum Gasteiger partial charge on any atom is -0.345 e. The van der Waals surface area contributed by atoms with Crippen LogP contribution in [0.25, 0.3) is 11.0 Å². The molecule has 1 aliphatic heterocycles. The van der Waals surface area contributed by atoms with Gasteiger partial charge >= 0.3 is 0 Å². The van der Waals surface area contributed by atoms with E-state index in [-0.39, 0.29) is 0 Å². The largest absolute Gasteiger partial charge is 0.345 e. The summed E-state index contributed by atoms with van der Waals surface area (Å²) in [6, 6.07) is 14.9. The minimum absolute atomic E-state index is 0.434. The van der Waals surface area contributed by atoms with Crippen LogP contribution in [-0.4, -0.2) is 37.8 Å². The Kier molecular flexibility index (Phi) is 4.07. The highest BCUT2D eigenvalue weighted by molar-refractivity contribution is 5.76. The number of benzene rings is 2. The van der Waals surface area contributed by atoms with E-state index in [0.717, 1.165) is 29.7 Å². The fourth-order valence-corrected chi connectivity index (χ4v) is 3.58. The Morgan fingerprint density at radius 1 is 1.00 bits per heavy atom. The molecule has 1 fully saturated rings. The van der Waals surface area contributed by atoms with E-state index in [1.165, 1.54) is 12.8 Å². The van der Waals surface area contributed by atoms with Crippen LogP contribution in [0.3, 0.4) is 0 Å². The molecular weight excluding hydrogens is 314 g/mol. The molecule has 2 aromatic carbocycles. The van der Waals surface area contributed by atoms with Crippen molar-refractivity contribution < 1.29 is 10.2 Å². The molecule has 0 amide bonds. The Bertz CT molecular complexity index is 878. The van der Waals surface area contributed by atoms with Crippen LogP contribution in [0.1, 0.15) is 29.8 Å². The van der Waals surface area contributed by atoms with Gasteiger partial charge in [0.2, 0.25) is 0 Å². The van der Waals surface area contributed by atoms with Crippen LogP contribution >= 0.6 is 0 Å². The fourth-order valence-electron chi connectivity index (χ4n) is 3.58. The summed E-state index contributed by atoms with van der Waals surface area (Å²) >= 11 is 0. The van der Waals surface area contributed by atoms with Crippen molar-refractivity contribution in [2.24, 2.45) is 0 Å². The lowest BCUT2D eigenvalue weighted by atomic mass is 10.1. The molecule has 0 aliphatic carbocycles. The zero-order valence-corrected chi connectivity index (χ0v) is 14.4. The van der Waals surface area contributed by atoms with E-state index in [1.807, 2.05) is 43.3 Å². The molecule has 5 nitrogen and oxygen atoms in total. The first-order valence-electron chi connectivity index (χ1n) is 8.77. The molecular formula is C20H23N3O2. The lowest BCUT2D eigenvalue weighted by molar-refractivity contribution is -0.191. The molecule has 5 heteroatoms. The number of rotatable bonds is 4. The summed E-state index contributed by atoms with van der Waals surface area (Å²) in [5, 5.41) is 22.1. The third-order valence-corrected chi connectivity index (χ3v) is 4.94. The molecule has 3 aromatic rings. The molecule has 0 saturated carbocycles. The van der Waals surface area contributed by atoms with Gasteiger partial charge in [0.1, 0.15) is 5.82 Å². The molecule has 2 N–H and O–H groups in total. The monoisotopic (exact) mass is 337 g/mol. The quantitative estimate of drug-likeness (QED) is 0.719. The van der Waals surface area contributed by atoms with Gasteiger partial charge in [0.15, 0.2) is 0 Å². The topological polar surface area (TPSA) is 61.5 Å². The molecule has 1 aliphatic rings. The molecule has 0 spiro atoms. The van der Waals surface area contributed by atoms with Gasteiger partial charge < -0.3 is 10.2 Å². The Labute approximate surface area is 147 Å². The number of likely N-dealkylation sites (tertiary alicyclic amines) is 1. The van der Waals surface area contributed by atoms with E-state index >= 15 is 0 Å². The van der Waals surface area contributed by atoms with Gasteiger partial charge in [-0.1, -0.05) is 42.0 Å². The second-order valence-corrected chi connectivity index (χ2v) is 6.84. The maximum Gasteiger partial charge on any atom is 0.280 e. The van der Waals surface area contributed by atoms with Gasteiger partial charge in [-0.15, -0.1) is 0 Å². The predicted molar refractivity (Wildman–Crippen MR) is 96.9 cm³/mol. The highest BCUT2D eigenvalue weighted by atomic mass is 16.5. The average Bonchev–Trinajstić information content (AvgIpc) is 3.22. The Morgan fingerprint density at radius 3 is 2.40 bits per heavy atom. The number of aromatic nitrogens is 2. The van der Waals surface area contributed by atoms with Crippen LogP contribution in [0.5, 0.6) is 0 Å². The Balaban J connectivity index is 1.84. The first-order chi connectivity index (χ1) is 12.1. The lowest BCUT2D eigenvalue weighted by Gasteiger charge is -2.27. The highest BCUT2D eigenvalue weighted by Crippen LogP contribution is 2.29. The Morgan fingerprint density at radius 2 is 1.68 bits per heavy atom. The van der Waals surface area contributed by atoms with Gasteiger partial charge in [-0.2, -0.15) is 0 Å².